The summed E-state index contributed by atoms with van der Waals surface area (Å²) in [5, 5.41) is 3.19. The zero-order chi connectivity index (χ0) is 23.1. The maximum absolute atomic E-state index is 13.4. The van der Waals surface area contributed by atoms with Gasteiger partial charge in [0.05, 0.1) is 6.42 Å². The Hall–Kier alpha value is -2.69. The summed E-state index contributed by atoms with van der Waals surface area (Å²) in [6.45, 7) is 6.29. The van der Waals surface area contributed by atoms with E-state index in [9.17, 15) is 14.0 Å². The van der Waals surface area contributed by atoms with Crippen molar-refractivity contribution in [3.63, 3.8) is 0 Å². The molecule has 4 nitrogen and oxygen atoms in total. The zero-order valence-electron chi connectivity index (χ0n) is 19.5. The van der Waals surface area contributed by atoms with Gasteiger partial charge < -0.3 is 10.2 Å². The molecule has 1 fully saturated rings. The number of hydrogen-bond acceptors (Lipinski definition) is 2. The lowest BCUT2D eigenvalue weighted by molar-refractivity contribution is -0.141. The van der Waals surface area contributed by atoms with Gasteiger partial charge in [0.1, 0.15) is 11.9 Å². The number of nitrogens with one attached hydrogen (secondary N) is 1. The maximum Gasteiger partial charge on any atom is 0.243 e. The predicted octanol–water partition coefficient (Wildman–Crippen LogP) is 5.24. The Bertz CT molecular complexity index is 920. The first-order valence-electron chi connectivity index (χ1n) is 11.8. The largest absolute Gasteiger partial charge is 0.352 e. The van der Waals surface area contributed by atoms with Crippen LogP contribution < -0.4 is 5.32 Å². The molecule has 0 radical (unpaired) electrons. The van der Waals surface area contributed by atoms with Crippen molar-refractivity contribution in [1.29, 1.82) is 0 Å². The second-order valence-corrected chi connectivity index (χ2v) is 9.01. The van der Waals surface area contributed by atoms with Gasteiger partial charge in [-0.05, 0) is 67.5 Å². The van der Waals surface area contributed by atoms with E-state index in [0.717, 1.165) is 42.4 Å². The van der Waals surface area contributed by atoms with Gasteiger partial charge in [-0.15, -0.1) is 0 Å². The van der Waals surface area contributed by atoms with Crippen molar-refractivity contribution >= 4 is 11.8 Å². The summed E-state index contributed by atoms with van der Waals surface area (Å²) >= 11 is 0. The van der Waals surface area contributed by atoms with Crippen LogP contribution in [-0.2, 0) is 22.6 Å². The molecule has 0 saturated heterocycles. The van der Waals surface area contributed by atoms with Crippen LogP contribution >= 0.6 is 0 Å². The molecule has 2 aromatic rings. The molecule has 0 bridgehead atoms. The van der Waals surface area contributed by atoms with Crippen LogP contribution in [0.3, 0.4) is 0 Å². The van der Waals surface area contributed by atoms with E-state index in [4.69, 9.17) is 0 Å². The number of benzene rings is 2. The van der Waals surface area contributed by atoms with Gasteiger partial charge in [-0.25, -0.2) is 4.39 Å². The van der Waals surface area contributed by atoms with Crippen LogP contribution in [-0.4, -0.2) is 28.8 Å². The van der Waals surface area contributed by atoms with Crippen LogP contribution in [0.2, 0.25) is 0 Å². The average molecular weight is 439 g/mol. The van der Waals surface area contributed by atoms with E-state index >= 15 is 0 Å². The Morgan fingerprint density at radius 3 is 2.28 bits per heavy atom. The number of rotatable bonds is 8. The molecule has 0 aliphatic heterocycles. The number of hydrogen-bond donors (Lipinski definition) is 1. The lowest BCUT2D eigenvalue weighted by atomic mass is 9.95. The van der Waals surface area contributed by atoms with E-state index in [1.165, 1.54) is 24.1 Å². The van der Waals surface area contributed by atoms with Gasteiger partial charge in [0.25, 0.3) is 0 Å². The highest BCUT2D eigenvalue weighted by atomic mass is 19.1. The Labute approximate surface area is 191 Å². The third-order valence-corrected chi connectivity index (χ3v) is 6.53. The standard InChI is InChI=1S/C27H35FN2O2/c1-4-25(27(32)29-24-8-6-5-7-9-24)30(18-21-12-14-23(28)15-13-21)26(31)17-22-11-10-19(2)20(3)16-22/h10-16,24-25H,4-9,17-18H2,1-3H3,(H,29,32)/t25-/m0/s1. The van der Waals surface area contributed by atoms with Crippen LogP contribution in [0.4, 0.5) is 4.39 Å². The van der Waals surface area contributed by atoms with E-state index in [0.29, 0.717) is 6.42 Å². The molecule has 1 aliphatic carbocycles. The molecule has 32 heavy (non-hydrogen) atoms. The Morgan fingerprint density at radius 1 is 1.00 bits per heavy atom. The first kappa shape index (κ1) is 24.0. The van der Waals surface area contributed by atoms with Crippen LogP contribution in [0.25, 0.3) is 0 Å². The summed E-state index contributed by atoms with van der Waals surface area (Å²) in [4.78, 5) is 28.3. The van der Waals surface area contributed by atoms with Crippen molar-refractivity contribution < 1.29 is 14.0 Å². The fourth-order valence-electron chi connectivity index (χ4n) is 4.44. The fourth-order valence-corrected chi connectivity index (χ4v) is 4.44. The molecular formula is C27H35FN2O2. The zero-order valence-corrected chi connectivity index (χ0v) is 19.5. The Kier molecular flexibility index (Phi) is 8.43. The first-order valence-corrected chi connectivity index (χ1v) is 11.8. The summed E-state index contributed by atoms with van der Waals surface area (Å²) in [5.41, 5.74) is 4.07. The SMILES string of the molecule is CC[C@@H](C(=O)NC1CCCCC1)N(Cc1ccc(F)cc1)C(=O)Cc1ccc(C)c(C)c1. The third-order valence-electron chi connectivity index (χ3n) is 6.53. The van der Waals surface area contributed by atoms with Crippen molar-refractivity contribution in [2.45, 2.75) is 84.3 Å². The van der Waals surface area contributed by atoms with Crippen molar-refractivity contribution in [3.8, 4) is 0 Å². The van der Waals surface area contributed by atoms with E-state index in [1.807, 2.05) is 39.0 Å². The highest BCUT2D eigenvalue weighted by molar-refractivity contribution is 5.88. The van der Waals surface area contributed by atoms with Gasteiger partial charge in [-0.3, -0.25) is 9.59 Å². The van der Waals surface area contributed by atoms with Crippen LogP contribution in [0, 0.1) is 19.7 Å². The quantitative estimate of drug-likeness (QED) is 0.613. The summed E-state index contributed by atoms with van der Waals surface area (Å²) in [5.74, 6) is -0.498. The summed E-state index contributed by atoms with van der Waals surface area (Å²) in [7, 11) is 0. The molecule has 1 saturated carbocycles. The normalized spacial score (nSPS) is 15.2. The highest BCUT2D eigenvalue weighted by Gasteiger charge is 2.30. The summed E-state index contributed by atoms with van der Waals surface area (Å²) < 4.78 is 13.4. The molecule has 1 aliphatic rings. The molecule has 0 spiro atoms. The summed E-state index contributed by atoms with van der Waals surface area (Å²) in [6, 6.07) is 11.8. The lowest BCUT2D eigenvalue weighted by Gasteiger charge is -2.33. The van der Waals surface area contributed by atoms with Gasteiger partial charge in [-0.2, -0.15) is 0 Å². The van der Waals surface area contributed by atoms with Crippen molar-refractivity contribution in [2.24, 2.45) is 0 Å². The molecule has 1 N–H and O–H groups in total. The molecule has 3 rings (SSSR count). The topological polar surface area (TPSA) is 49.4 Å². The van der Waals surface area contributed by atoms with Gasteiger partial charge in [0.2, 0.25) is 11.8 Å². The average Bonchev–Trinajstić information content (AvgIpc) is 2.78. The number of halogens is 1. The van der Waals surface area contributed by atoms with Gasteiger partial charge in [0, 0.05) is 12.6 Å². The minimum absolute atomic E-state index is 0.0880. The summed E-state index contributed by atoms with van der Waals surface area (Å²) in [6.07, 6.45) is 6.23. The van der Waals surface area contributed by atoms with Crippen LogP contribution in [0.1, 0.15) is 67.7 Å². The molecule has 0 heterocycles. The molecular weight excluding hydrogens is 403 g/mol. The highest BCUT2D eigenvalue weighted by Crippen LogP contribution is 2.20. The molecule has 1 atom stereocenters. The third kappa shape index (κ3) is 6.41. The van der Waals surface area contributed by atoms with Crippen LogP contribution in [0.5, 0.6) is 0 Å². The Morgan fingerprint density at radius 2 is 1.66 bits per heavy atom. The molecule has 172 valence electrons. The van der Waals surface area contributed by atoms with Gasteiger partial charge in [0.15, 0.2) is 0 Å². The molecule has 0 aromatic heterocycles. The second-order valence-electron chi connectivity index (χ2n) is 9.01. The number of carbonyl (C=O) groups is 2. The minimum atomic E-state index is -0.555. The lowest BCUT2D eigenvalue weighted by Crippen LogP contribution is -2.51. The molecule has 2 amide bonds. The maximum atomic E-state index is 13.4. The van der Waals surface area contributed by atoms with Crippen molar-refractivity contribution in [2.75, 3.05) is 0 Å². The molecule has 2 aromatic carbocycles. The number of aryl methyl sites for hydroxylation is 2. The van der Waals surface area contributed by atoms with Gasteiger partial charge >= 0.3 is 0 Å². The number of carbonyl (C=O) groups excluding carboxylic acids is 2. The van der Waals surface area contributed by atoms with Gasteiger partial charge in [-0.1, -0.05) is 56.5 Å². The predicted molar refractivity (Wildman–Crippen MR) is 126 cm³/mol. The Balaban J connectivity index is 1.81. The first-order chi connectivity index (χ1) is 15.4. The molecule has 0 unspecified atom stereocenters. The second kappa shape index (κ2) is 11.3. The smallest absolute Gasteiger partial charge is 0.243 e. The van der Waals surface area contributed by atoms with E-state index in [1.54, 1.807) is 17.0 Å². The van der Waals surface area contributed by atoms with Crippen LogP contribution in [0.15, 0.2) is 42.5 Å². The van der Waals surface area contributed by atoms with E-state index < -0.39 is 6.04 Å². The van der Waals surface area contributed by atoms with Crippen molar-refractivity contribution in [1.82, 2.24) is 10.2 Å². The monoisotopic (exact) mass is 438 g/mol. The number of amides is 2. The fraction of sp³-hybridized carbons (Fsp3) is 0.481. The van der Waals surface area contributed by atoms with E-state index in [-0.39, 0.29) is 36.6 Å². The molecule has 5 heteroatoms. The van der Waals surface area contributed by atoms with Crippen molar-refractivity contribution in [3.05, 3.63) is 70.5 Å². The number of nitrogens with zero attached hydrogens (tertiary/aromatic N) is 1. The van der Waals surface area contributed by atoms with E-state index in [2.05, 4.69) is 5.32 Å². The minimum Gasteiger partial charge on any atom is -0.352 e.